The molecule has 0 saturated heterocycles. The number of halogens is 1. The number of nitrogens with one attached hydrogen (secondary N) is 1. The Morgan fingerprint density at radius 3 is 2.81 bits per heavy atom. The first-order valence-corrected chi connectivity index (χ1v) is 6.07. The molecule has 2 aromatic rings. The quantitative estimate of drug-likeness (QED) is 0.642. The van der Waals surface area contributed by atoms with E-state index in [-0.39, 0.29) is 28.6 Å². The average molecular weight is 309 g/mol. The molecule has 21 heavy (non-hydrogen) atoms. The fourth-order valence-corrected chi connectivity index (χ4v) is 1.77. The van der Waals surface area contributed by atoms with E-state index < -0.39 is 10.9 Å². The monoisotopic (exact) mass is 308 g/mol. The summed E-state index contributed by atoms with van der Waals surface area (Å²) in [5.41, 5.74) is 0.382. The molecule has 2 aromatic heterocycles. The second-order valence-corrected chi connectivity index (χ2v) is 4.38. The summed E-state index contributed by atoms with van der Waals surface area (Å²) in [7, 11) is 0. The normalized spacial score (nSPS) is 10.1. The molecule has 0 radical (unpaired) electrons. The van der Waals surface area contributed by atoms with Gasteiger partial charge in [0.15, 0.2) is 0 Å². The van der Waals surface area contributed by atoms with Gasteiger partial charge >= 0.3 is 5.97 Å². The first-order valence-electron chi connectivity index (χ1n) is 5.69. The minimum Gasteiger partial charge on any atom is -0.478 e. The van der Waals surface area contributed by atoms with Crippen molar-refractivity contribution >= 4 is 29.1 Å². The van der Waals surface area contributed by atoms with Crippen molar-refractivity contribution < 1.29 is 14.8 Å². The molecule has 108 valence electrons. The van der Waals surface area contributed by atoms with Gasteiger partial charge in [-0.2, -0.15) is 0 Å². The van der Waals surface area contributed by atoms with Gasteiger partial charge in [0.25, 0.3) is 5.69 Å². The topological polar surface area (TPSA) is 118 Å². The number of rotatable bonds is 5. The lowest BCUT2D eigenvalue weighted by molar-refractivity contribution is -0.385. The molecular weight excluding hydrogens is 300 g/mol. The Bertz CT molecular complexity index is 707. The zero-order valence-electron chi connectivity index (χ0n) is 10.5. The van der Waals surface area contributed by atoms with Crippen LogP contribution < -0.4 is 5.32 Å². The minimum atomic E-state index is -1.05. The lowest BCUT2D eigenvalue weighted by Crippen LogP contribution is -2.06. The second kappa shape index (κ2) is 6.14. The van der Waals surface area contributed by atoms with Crippen LogP contribution in [0.5, 0.6) is 0 Å². The molecule has 8 nitrogen and oxygen atoms in total. The van der Waals surface area contributed by atoms with Crippen molar-refractivity contribution in [3.8, 4) is 0 Å². The highest BCUT2D eigenvalue weighted by Crippen LogP contribution is 2.24. The lowest BCUT2D eigenvalue weighted by atomic mass is 10.2. The number of hydrogen-bond donors (Lipinski definition) is 2. The predicted molar refractivity (Wildman–Crippen MR) is 74.4 cm³/mol. The first kappa shape index (κ1) is 14.7. The Morgan fingerprint density at radius 1 is 1.43 bits per heavy atom. The third-order valence-corrected chi connectivity index (χ3v) is 2.83. The second-order valence-electron chi connectivity index (χ2n) is 3.98. The van der Waals surface area contributed by atoms with E-state index >= 15 is 0 Å². The SMILES string of the molecule is O=C(O)c1ccnc(CNc2ncc([N+](=O)[O-])cc2Cl)c1. The summed E-state index contributed by atoms with van der Waals surface area (Å²) in [5, 5.41) is 22.4. The highest BCUT2D eigenvalue weighted by atomic mass is 35.5. The molecule has 0 aromatic carbocycles. The number of nitro groups is 1. The number of carbonyl (C=O) groups is 1. The first-order chi connectivity index (χ1) is 9.97. The van der Waals surface area contributed by atoms with Crippen LogP contribution in [0.2, 0.25) is 5.02 Å². The van der Waals surface area contributed by atoms with Gasteiger partial charge in [0.2, 0.25) is 0 Å². The minimum absolute atomic E-state index is 0.0959. The van der Waals surface area contributed by atoms with E-state index in [9.17, 15) is 14.9 Å². The predicted octanol–water partition coefficient (Wildman–Crippen LogP) is 2.35. The van der Waals surface area contributed by atoms with Crippen LogP contribution in [0.25, 0.3) is 0 Å². The molecule has 2 heterocycles. The fourth-order valence-electron chi connectivity index (χ4n) is 1.54. The van der Waals surface area contributed by atoms with E-state index in [0.29, 0.717) is 5.69 Å². The molecule has 0 saturated carbocycles. The maximum absolute atomic E-state index is 10.8. The van der Waals surface area contributed by atoms with Crippen LogP contribution in [0.15, 0.2) is 30.6 Å². The number of aromatic carboxylic acids is 1. The van der Waals surface area contributed by atoms with Gasteiger partial charge in [0.1, 0.15) is 12.0 Å². The summed E-state index contributed by atoms with van der Waals surface area (Å²) < 4.78 is 0. The average Bonchev–Trinajstić information content (AvgIpc) is 2.46. The van der Waals surface area contributed by atoms with Crippen LogP contribution in [-0.2, 0) is 6.54 Å². The molecule has 0 bridgehead atoms. The maximum Gasteiger partial charge on any atom is 0.335 e. The smallest absolute Gasteiger partial charge is 0.335 e. The highest BCUT2D eigenvalue weighted by molar-refractivity contribution is 6.33. The number of hydrogen-bond acceptors (Lipinski definition) is 6. The number of carboxylic acid groups (broad SMARTS) is 1. The standard InChI is InChI=1S/C12H9ClN4O4/c13-10-4-9(17(20)21)6-16-11(10)15-5-8-3-7(12(18)19)1-2-14-8/h1-4,6H,5H2,(H,15,16)(H,18,19). The van der Waals surface area contributed by atoms with Crippen molar-refractivity contribution in [2.75, 3.05) is 5.32 Å². The van der Waals surface area contributed by atoms with Gasteiger partial charge in [0.05, 0.1) is 27.7 Å². The van der Waals surface area contributed by atoms with Crippen molar-refractivity contribution in [1.29, 1.82) is 0 Å². The Hall–Kier alpha value is -2.74. The molecule has 2 rings (SSSR count). The summed E-state index contributed by atoms with van der Waals surface area (Å²) in [6.07, 6.45) is 2.46. The van der Waals surface area contributed by atoms with Crippen molar-refractivity contribution in [3.63, 3.8) is 0 Å². The molecule has 0 fully saturated rings. The molecule has 9 heteroatoms. The van der Waals surface area contributed by atoms with Crippen molar-refractivity contribution in [1.82, 2.24) is 9.97 Å². The van der Waals surface area contributed by atoms with Crippen molar-refractivity contribution in [3.05, 3.63) is 57.0 Å². The number of aromatic nitrogens is 2. The summed E-state index contributed by atoms with van der Waals surface area (Å²) in [5.74, 6) is -0.796. The Labute approximate surface area is 123 Å². The van der Waals surface area contributed by atoms with Crippen LogP contribution in [-0.4, -0.2) is 26.0 Å². The molecule has 2 N–H and O–H groups in total. The van der Waals surface area contributed by atoms with E-state index in [2.05, 4.69) is 15.3 Å². The van der Waals surface area contributed by atoms with E-state index in [1.807, 2.05) is 0 Å². The van der Waals surface area contributed by atoms with Crippen LogP contribution >= 0.6 is 11.6 Å². The highest BCUT2D eigenvalue weighted by Gasteiger charge is 2.11. The fraction of sp³-hybridized carbons (Fsp3) is 0.0833. The lowest BCUT2D eigenvalue weighted by Gasteiger charge is -2.07. The zero-order chi connectivity index (χ0) is 15.4. The van der Waals surface area contributed by atoms with Crippen LogP contribution in [0.1, 0.15) is 16.1 Å². The Balaban J connectivity index is 2.11. The Kier molecular flexibility index (Phi) is 4.29. The zero-order valence-corrected chi connectivity index (χ0v) is 11.2. The third kappa shape index (κ3) is 3.63. The Morgan fingerprint density at radius 2 is 2.19 bits per heavy atom. The van der Waals surface area contributed by atoms with Gasteiger partial charge in [0, 0.05) is 12.3 Å². The van der Waals surface area contributed by atoms with E-state index in [1.54, 1.807) is 0 Å². The van der Waals surface area contributed by atoms with Gasteiger partial charge in [-0.1, -0.05) is 11.6 Å². The van der Waals surface area contributed by atoms with Gasteiger partial charge < -0.3 is 10.4 Å². The summed E-state index contributed by atoms with van der Waals surface area (Å²) >= 11 is 5.88. The number of nitrogens with zero attached hydrogens (tertiary/aromatic N) is 3. The number of anilines is 1. The largest absolute Gasteiger partial charge is 0.478 e. The molecule has 0 aliphatic heterocycles. The van der Waals surface area contributed by atoms with Gasteiger partial charge in [-0.05, 0) is 12.1 Å². The van der Waals surface area contributed by atoms with Crippen LogP contribution in [0, 0.1) is 10.1 Å². The van der Waals surface area contributed by atoms with Gasteiger partial charge in [-0.25, -0.2) is 9.78 Å². The molecule has 0 aliphatic rings. The molecule has 0 amide bonds. The number of carboxylic acids is 1. The van der Waals surface area contributed by atoms with Crippen molar-refractivity contribution in [2.45, 2.75) is 6.54 Å². The molecule has 0 spiro atoms. The molecular formula is C12H9ClN4O4. The molecule has 0 aliphatic carbocycles. The summed E-state index contributed by atoms with van der Waals surface area (Å²) in [6, 6.07) is 3.97. The van der Waals surface area contributed by atoms with E-state index in [4.69, 9.17) is 16.7 Å². The van der Waals surface area contributed by atoms with Crippen LogP contribution in [0.3, 0.4) is 0 Å². The molecule has 0 atom stereocenters. The van der Waals surface area contributed by atoms with Crippen LogP contribution in [0.4, 0.5) is 11.5 Å². The number of pyridine rings is 2. The van der Waals surface area contributed by atoms with Gasteiger partial charge in [-0.3, -0.25) is 15.1 Å². The van der Waals surface area contributed by atoms with E-state index in [1.165, 1.54) is 24.4 Å². The van der Waals surface area contributed by atoms with E-state index in [0.717, 1.165) is 6.20 Å². The van der Waals surface area contributed by atoms with Gasteiger partial charge in [-0.15, -0.1) is 0 Å². The van der Waals surface area contributed by atoms with Crippen molar-refractivity contribution in [2.24, 2.45) is 0 Å². The molecule has 0 unspecified atom stereocenters. The third-order valence-electron chi connectivity index (χ3n) is 2.54. The maximum atomic E-state index is 10.8. The summed E-state index contributed by atoms with van der Waals surface area (Å²) in [6.45, 7) is 0.186. The summed E-state index contributed by atoms with van der Waals surface area (Å²) in [4.78, 5) is 28.7.